The summed E-state index contributed by atoms with van der Waals surface area (Å²) in [6.45, 7) is 1.94. The maximum absolute atomic E-state index is 13.1. The van der Waals surface area contributed by atoms with Crippen molar-refractivity contribution in [3.63, 3.8) is 0 Å². The maximum Gasteiger partial charge on any atom is 0.241 e. The second-order valence-electron chi connectivity index (χ2n) is 6.85. The molecular weight excluding hydrogens is 366 g/mol. The Kier molecular flexibility index (Phi) is 4.99. The molecule has 140 valence electrons. The van der Waals surface area contributed by atoms with Gasteiger partial charge in [-0.3, -0.25) is 0 Å². The van der Waals surface area contributed by atoms with Crippen LogP contribution in [-0.4, -0.2) is 8.42 Å². The summed E-state index contributed by atoms with van der Waals surface area (Å²) < 4.78 is 29.2. The highest BCUT2D eigenvalue weighted by Crippen LogP contribution is 2.30. The molecule has 28 heavy (non-hydrogen) atoms. The largest absolute Gasteiger partial charge is 0.241 e. The summed E-state index contributed by atoms with van der Waals surface area (Å²) >= 11 is 0. The Morgan fingerprint density at radius 2 is 1.36 bits per heavy atom. The lowest BCUT2D eigenvalue weighted by molar-refractivity contribution is 0.572. The highest BCUT2D eigenvalue weighted by atomic mass is 32.2. The van der Waals surface area contributed by atoms with Gasteiger partial charge in [0.2, 0.25) is 10.0 Å². The molecule has 0 aromatic heterocycles. The van der Waals surface area contributed by atoms with Crippen molar-refractivity contribution in [2.45, 2.75) is 17.9 Å². The first-order chi connectivity index (χ1) is 13.5. The van der Waals surface area contributed by atoms with Crippen molar-refractivity contribution < 1.29 is 8.42 Å². The Morgan fingerprint density at radius 1 is 0.714 bits per heavy atom. The van der Waals surface area contributed by atoms with Gasteiger partial charge in [-0.25, -0.2) is 8.42 Å². The molecule has 0 saturated carbocycles. The van der Waals surface area contributed by atoms with E-state index >= 15 is 0 Å². The van der Waals surface area contributed by atoms with Gasteiger partial charge in [0.15, 0.2) is 0 Å². The van der Waals surface area contributed by atoms with Crippen molar-refractivity contribution in [3.8, 4) is 0 Å². The van der Waals surface area contributed by atoms with E-state index < -0.39 is 16.1 Å². The average Bonchev–Trinajstić information content (AvgIpc) is 2.73. The summed E-state index contributed by atoms with van der Waals surface area (Å²) in [6, 6.07) is 30.1. The molecule has 0 aliphatic carbocycles. The number of hydrogen-bond donors (Lipinski definition) is 1. The maximum atomic E-state index is 13.1. The Hall–Kier alpha value is -2.95. The van der Waals surface area contributed by atoms with Crippen molar-refractivity contribution in [1.82, 2.24) is 4.72 Å². The normalized spacial score (nSPS) is 12.8. The fraction of sp³-hybridized carbons (Fsp3) is 0.0833. The van der Waals surface area contributed by atoms with Crippen LogP contribution in [0.1, 0.15) is 22.7 Å². The first-order valence-corrected chi connectivity index (χ1v) is 10.6. The predicted octanol–water partition coefficient (Wildman–Crippen LogP) is 5.22. The zero-order valence-corrected chi connectivity index (χ0v) is 16.4. The zero-order valence-electron chi connectivity index (χ0n) is 15.5. The van der Waals surface area contributed by atoms with Gasteiger partial charge in [-0.2, -0.15) is 4.72 Å². The van der Waals surface area contributed by atoms with Crippen LogP contribution in [0.25, 0.3) is 10.8 Å². The minimum absolute atomic E-state index is 0.263. The third-order valence-corrected chi connectivity index (χ3v) is 6.31. The lowest BCUT2D eigenvalue weighted by atomic mass is 9.94. The predicted molar refractivity (Wildman–Crippen MR) is 114 cm³/mol. The van der Waals surface area contributed by atoms with E-state index in [1.807, 2.05) is 91.9 Å². The van der Waals surface area contributed by atoms with Crippen molar-refractivity contribution in [2.75, 3.05) is 0 Å². The number of fused-ring (bicyclic) bond motifs is 1. The van der Waals surface area contributed by atoms with Gasteiger partial charge in [-0.1, -0.05) is 90.5 Å². The number of nitrogens with one attached hydrogen (secondary N) is 1. The van der Waals surface area contributed by atoms with Crippen molar-refractivity contribution in [1.29, 1.82) is 0 Å². The van der Waals surface area contributed by atoms with Crippen LogP contribution in [0, 0.1) is 6.92 Å². The molecule has 0 aliphatic rings. The Labute approximate surface area is 165 Å². The van der Waals surface area contributed by atoms with Crippen LogP contribution in [0.15, 0.2) is 102 Å². The average molecular weight is 388 g/mol. The molecule has 0 bridgehead atoms. The molecule has 0 saturated heterocycles. The van der Waals surface area contributed by atoms with Crippen molar-refractivity contribution in [2.24, 2.45) is 0 Å². The summed E-state index contributed by atoms with van der Waals surface area (Å²) in [4.78, 5) is 0.263. The molecule has 1 N–H and O–H groups in total. The first kappa shape index (κ1) is 18.4. The standard InChI is InChI=1S/C24H21NO2S/c1-18-14-16-21(17-15-18)28(26,27)25-24(20-9-3-2-4-10-20)23-13-7-11-19-8-5-6-12-22(19)23/h2-17,24-25H,1H3/t24-/m0/s1. The monoisotopic (exact) mass is 387 g/mol. The van der Waals surface area contributed by atoms with Gasteiger partial charge in [0.25, 0.3) is 0 Å². The van der Waals surface area contributed by atoms with Crippen LogP contribution in [0.2, 0.25) is 0 Å². The Morgan fingerprint density at radius 3 is 2.11 bits per heavy atom. The molecule has 4 aromatic rings. The summed E-state index contributed by atoms with van der Waals surface area (Å²) in [5.74, 6) is 0. The van der Waals surface area contributed by atoms with E-state index in [0.29, 0.717) is 0 Å². The molecule has 1 atom stereocenters. The molecule has 3 nitrogen and oxygen atoms in total. The summed E-state index contributed by atoms with van der Waals surface area (Å²) in [5.41, 5.74) is 2.85. The van der Waals surface area contributed by atoms with E-state index in [1.165, 1.54) is 0 Å². The lowest BCUT2D eigenvalue weighted by Crippen LogP contribution is -2.29. The molecule has 0 spiro atoms. The summed E-state index contributed by atoms with van der Waals surface area (Å²) in [5, 5.41) is 2.11. The fourth-order valence-electron chi connectivity index (χ4n) is 3.40. The second-order valence-corrected chi connectivity index (χ2v) is 8.56. The van der Waals surface area contributed by atoms with E-state index in [4.69, 9.17) is 0 Å². The van der Waals surface area contributed by atoms with Gasteiger partial charge in [0.05, 0.1) is 10.9 Å². The van der Waals surface area contributed by atoms with E-state index in [9.17, 15) is 8.42 Å². The number of aryl methyl sites for hydroxylation is 1. The minimum Gasteiger partial charge on any atom is -0.207 e. The van der Waals surface area contributed by atoms with Crippen LogP contribution >= 0.6 is 0 Å². The van der Waals surface area contributed by atoms with E-state index in [0.717, 1.165) is 27.5 Å². The van der Waals surface area contributed by atoms with Crippen LogP contribution in [0.4, 0.5) is 0 Å². The van der Waals surface area contributed by atoms with E-state index in [2.05, 4.69) is 4.72 Å². The smallest absolute Gasteiger partial charge is 0.207 e. The zero-order chi connectivity index (χ0) is 19.6. The second kappa shape index (κ2) is 7.58. The molecule has 0 fully saturated rings. The fourth-order valence-corrected chi connectivity index (χ4v) is 4.60. The molecule has 4 heteroatoms. The van der Waals surface area contributed by atoms with Crippen LogP contribution in [0.3, 0.4) is 0 Å². The third kappa shape index (κ3) is 3.70. The van der Waals surface area contributed by atoms with Crippen LogP contribution in [0.5, 0.6) is 0 Å². The van der Waals surface area contributed by atoms with Crippen molar-refractivity contribution >= 4 is 20.8 Å². The number of hydrogen-bond acceptors (Lipinski definition) is 2. The van der Waals surface area contributed by atoms with Crippen LogP contribution in [-0.2, 0) is 10.0 Å². The highest BCUT2D eigenvalue weighted by molar-refractivity contribution is 7.89. The molecule has 0 radical (unpaired) electrons. The number of benzene rings is 4. The van der Waals surface area contributed by atoms with E-state index in [1.54, 1.807) is 12.1 Å². The molecule has 4 aromatic carbocycles. The van der Waals surface area contributed by atoms with Crippen LogP contribution < -0.4 is 4.72 Å². The molecule has 4 rings (SSSR count). The molecule has 0 amide bonds. The molecular formula is C24H21NO2S. The van der Waals surface area contributed by atoms with Gasteiger partial charge in [0.1, 0.15) is 0 Å². The van der Waals surface area contributed by atoms with E-state index in [-0.39, 0.29) is 4.90 Å². The van der Waals surface area contributed by atoms with Gasteiger partial charge < -0.3 is 0 Å². The molecule has 0 heterocycles. The number of rotatable bonds is 5. The van der Waals surface area contributed by atoms with Gasteiger partial charge >= 0.3 is 0 Å². The first-order valence-electron chi connectivity index (χ1n) is 9.16. The quantitative estimate of drug-likeness (QED) is 0.510. The third-order valence-electron chi connectivity index (χ3n) is 4.87. The van der Waals surface area contributed by atoms with Crippen molar-refractivity contribution in [3.05, 3.63) is 114 Å². The minimum atomic E-state index is -3.69. The van der Waals surface area contributed by atoms with Gasteiger partial charge in [-0.05, 0) is 41.0 Å². The highest BCUT2D eigenvalue weighted by Gasteiger charge is 2.24. The SMILES string of the molecule is Cc1ccc(S(=O)(=O)N[C@@H](c2ccccc2)c2cccc3ccccc23)cc1. The topological polar surface area (TPSA) is 46.2 Å². The van der Waals surface area contributed by atoms with Gasteiger partial charge in [-0.15, -0.1) is 0 Å². The number of sulfonamides is 1. The summed E-state index contributed by atoms with van der Waals surface area (Å²) in [6.07, 6.45) is 0. The van der Waals surface area contributed by atoms with Gasteiger partial charge in [0, 0.05) is 0 Å². The lowest BCUT2D eigenvalue weighted by Gasteiger charge is -2.21. The Bertz CT molecular complexity index is 1200. The molecule has 0 unspecified atom stereocenters. The Balaban J connectivity index is 1.84. The summed E-state index contributed by atoms with van der Waals surface area (Å²) in [7, 11) is -3.69. The molecule has 0 aliphatic heterocycles.